The summed E-state index contributed by atoms with van der Waals surface area (Å²) < 4.78 is 8.43. The van der Waals surface area contributed by atoms with Gasteiger partial charge in [0.2, 0.25) is 5.95 Å². The minimum absolute atomic E-state index is 0.229. The van der Waals surface area contributed by atoms with Crippen molar-refractivity contribution in [3.8, 4) is 5.82 Å². The predicted octanol–water partition coefficient (Wildman–Crippen LogP) is 2.99. The second-order valence-corrected chi connectivity index (χ2v) is 10.9. The number of nitrogens with one attached hydrogen (secondary N) is 1. The number of benzene rings is 1. The fourth-order valence-corrected chi connectivity index (χ4v) is 5.07. The van der Waals surface area contributed by atoms with Gasteiger partial charge in [-0.25, -0.2) is 19.3 Å². The highest BCUT2D eigenvalue weighted by molar-refractivity contribution is 5.77. The molecule has 0 aliphatic carbocycles. The van der Waals surface area contributed by atoms with Crippen LogP contribution in [0.5, 0.6) is 0 Å². The van der Waals surface area contributed by atoms with Gasteiger partial charge in [0.25, 0.3) is 5.56 Å². The van der Waals surface area contributed by atoms with Crippen LogP contribution in [0, 0.1) is 0 Å². The Hall–Kier alpha value is -4.06. The van der Waals surface area contributed by atoms with Crippen LogP contribution >= 0.6 is 0 Å². The SMILES string of the molecule is C=CCn1c(=O)c2cnc(Nc3ccc(N4CCN(CCOC)CC4)cc3)nc2n1-c1cccc(CC(C)(C)O)n1. The fourth-order valence-electron chi connectivity index (χ4n) is 5.07. The summed E-state index contributed by atoms with van der Waals surface area (Å²) in [6.07, 6.45) is 3.57. The number of nitrogens with zero attached hydrogens (tertiary/aromatic N) is 7. The maximum absolute atomic E-state index is 13.3. The van der Waals surface area contributed by atoms with Crippen LogP contribution in [0.4, 0.5) is 17.3 Å². The van der Waals surface area contributed by atoms with E-state index in [2.05, 4.69) is 38.8 Å². The van der Waals surface area contributed by atoms with Crippen molar-refractivity contribution >= 4 is 28.4 Å². The Labute approximate surface area is 239 Å². The highest BCUT2D eigenvalue weighted by atomic mass is 16.5. The molecule has 41 heavy (non-hydrogen) atoms. The number of hydrogen-bond acceptors (Lipinski definition) is 9. The second-order valence-electron chi connectivity index (χ2n) is 10.9. The van der Waals surface area contributed by atoms with E-state index >= 15 is 0 Å². The first-order valence-corrected chi connectivity index (χ1v) is 13.9. The lowest BCUT2D eigenvalue weighted by atomic mass is 10.0. The van der Waals surface area contributed by atoms with Gasteiger partial charge in [0.15, 0.2) is 11.5 Å². The molecule has 0 unspecified atom stereocenters. The van der Waals surface area contributed by atoms with Crippen molar-refractivity contribution in [3.63, 3.8) is 0 Å². The van der Waals surface area contributed by atoms with E-state index in [1.54, 1.807) is 37.9 Å². The van der Waals surface area contributed by atoms with Gasteiger partial charge < -0.3 is 20.1 Å². The molecule has 11 nitrogen and oxygen atoms in total. The zero-order valence-corrected chi connectivity index (χ0v) is 24.0. The van der Waals surface area contributed by atoms with Gasteiger partial charge in [0, 0.05) is 69.5 Å². The third kappa shape index (κ3) is 6.64. The predicted molar refractivity (Wildman–Crippen MR) is 161 cm³/mol. The zero-order valence-electron chi connectivity index (χ0n) is 24.0. The molecule has 0 radical (unpaired) electrons. The van der Waals surface area contributed by atoms with E-state index in [-0.39, 0.29) is 12.1 Å². The van der Waals surface area contributed by atoms with Crippen molar-refractivity contribution < 1.29 is 9.84 Å². The number of hydrogen-bond donors (Lipinski definition) is 2. The summed E-state index contributed by atoms with van der Waals surface area (Å²) >= 11 is 0. The molecule has 2 N–H and O–H groups in total. The van der Waals surface area contributed by atoms with Crippen molar-refractivity contribution in [1.29, 1.82) is 0 Å². The van der Waals surface area contributed by atoms with Crippen LogP contribution in [0.2, 0.25) is 0 Å². The van der Waals surface area contributed by atoms with Gasteiger partial charge in [-0.3, -0.25) is 9.69 Å². The number of anilines is 3. The monoisotopic (exact) mass is 558 g/mol. The van der Waals surface area contributed by atoms with E-state index < -0.39 is 5.60 Å². The summed E-state index contributed by atoms with van der Waals surface area (Å²) in [7, 11) is 1.74. The lowest BCUT2D eigenvalue weighted by Crippen LogP contribution is -2.47. The maximum atomic E-state index is 13.3. The lowest BCUT2D eigenvalue weighted by molar-refractivity contribution is 0.0799. The number of piperazine rings is 1. The number of ether oxygens (including phenoxy) is 1. The van der Waals surface area contributed by atoms with Crippen LogP contribution in [-0.2, 0) is 17.7 Å². The van der Waals surface area contributed by atoms with E-state index in [4.69, 9.17) is 14.7 Å². The van der Waals surface area contributed by atoms with Gasteiger partial charge in [-0.1, -0.05) is 12.1 Å². The summed E-state index contributed by atoms with van der Waals surface area (Å²) in [5.41, 5.74) is 2.01. The van der Waals surface area contributed by atoms with E-state index in [0.29, 0.717) is 34.9 Å². The molecule has 4 aromatic rings. The molecule has 11 heteroatoms. The molecule has 3 aromatic heterocycles. The summed E-state index contributed by atoms with van der Waals surface area (Å²) in [4.78, 5) is 32.0. The van der Waals surface area contributed by atoms with Crippen LogP contribution in [0.1, 0.15) is 19.5 Å². The topological polar surface area (TPSA) is 114 Å². The van der Waals surface area contributed by atoms with Gasteiger partial charge in [0.1, 0.15) is 5.39 Å². The summed E-state index contributed by atoms with van der Waals surface area (Å²) in [6, 6.07) is 13.8. The van der Waals surface area contributed by atoms with Gasteiger partial charge in [-0.05, 0) is 50.2 Å². The molecule has 1 aliphatic rings. The zero-order chi connectivity index (χ0) is 29.0. The number of pyridine rings is 1. The third-order valence-electron chi connectivity index (χ3n) is 7.07. The van der Waals surface area contributed by atoms with E-state index in [1.165, 1.54) is 10.4 Å². The molecule has 5 rings (SSSR count). The molecule has 1 saturated heterocycles. The first-order chi connectivity index (χ1) is 19.8. The molecule has 0 atom stereocenters. The number of fused-ring (bicyclic) bond motifs is 1. The minimum Gasteiger partial charge on any atom is -0.390 e. The van der Waals surface area contributed by atoms with Crippen molar-refractivity contribution in [2.75, 3.05) is 56.7 Å². The number of allylic oxidation sites excluding steroid dienone is 1. The molecular weight excluding hydrogens is 520 g/mol. The number of aliphatic hydroxyl groups is 1. The Balaban J connectivity index is 1.39. The molecule has 0 amide bonds. The largest absolute Gasteiger partial charge is 0.390 e. The normalized spacial score (nSPS) is 14.5. The van der Waals surface area contributed by atoms with Crippen molar-refractivity contribution in [3.05, 3.63) is 77.4 Å². The van der Waals surface area contributed by atoms with Gasteiger partial charge in [-0.2, -0.15) is 4.98 Å². The summed E-state index contributed by atoms with van der Waals surface area (Å²) in [6.45, 7) is 13.3. The van der Waals surface area contributed by atoms with Crippen molar-refractivity contribution in [2.45, 2.75) is 32.4 Å². The Bertz CT molecular complexity index is 1550. The molecule has 1 aliphatic heterocycles. The highest BCUT2D eigenvalue weighted by Gasteiger charge is 2.20. The van der Waals surface area contributed by atoms with Gasteiger partial charge >= 0.3 is 0 Å². The third-order valence-corrected chi connectivity index (χ3v) is 7.07. The lowest BCUT2D eigenvalue weighted by Gasteiger charge is -2.36. The number of rotatable bonds is 11. The van der Waals surface area contributed by atoms with E-state index in [1.807, 2.05) is 30.3 Å². The van der Waals surface area contributed by atoms with Crippen molar-refractivity contribution in [1.82, 2.24) is 29.2 Å². The molecule has 0 saturated carbocycles. The first kappa shape index (κ1) is 28.5. The molecule has 1 fully saturated rings. The average molecular weight is 559 g/mol. The van der Waals surface area contributed by atoms with Crippen LogP contribution in [0.15, 0.2) is 66.1 Å². The van der Waals surface area contributed by atoms with Crippen LogP contribution in [0.3, 0.4) is 0 Å². The molecular formula is C30H38N8O3. The minimum atomic E-state index is -0.918. The maximum Gasteiger partial charge on any atom is 0.278 e. The Morgan fingerprint density at radius 1 is 1.10 bits per heavy atom. The van der Waals surface area contributed by atoms with Crippen LogP contribution < -0.4 is 15.8 Å². The van der Waals surface area contributed by atoms with Gasteiger partial charge in [0.05, 0.1) is 18.8 Å². The van der Waals surface area contributed by atoms with Crippen LogP contribution in [0.25, 0.3) is 16.9 Å². The summed E-state index contributed by atoms with van der Waals surface area (Å²) in [5.74, 6) is 0.895. The quantitative estimate of drug-likeness (QED) is 0.268. The number of aromatic nitrogens is 5. The molecule has 4 heterocycles. The molecule has 0 spiro atoms. The molecule has 216 valence electrons. The standard InChI is InChI=1S/C30H38N8O3/c1-5-13-37-28(39)25-21-31-29(34-27(25)38(37)26-8-6-7-23(32-26)20-30(2,3)40)33-22-9-11-24(12-10-22)36-16-14-35(15-17-36)18-19-41-4/h5-12,21,40H,1,13-20H2,2-4H3,(H,31,33,34). The first-order valence-electron chi connectivity index (χ1n) is 13.9. The summed E-state index contributed by atoms with van der Waals surface area (Å²) in [5, 5.41) is 14.0. The molecule has 0 bridgehead atoms. The fraction of sp³-hybridized carbons (Fsp3) is 0.400. The van der Waals surface area contributed by atoms with E-state index in [9.17, 15) is 9.90 Å². The average Bonchev–Trinajstić information content (AvgIpc) is 3.22. The Kier molecular flexibility index (Phi) is 8.48. The van der Waals surface area contributed by atoms with Gasteiger partial charge in [-0.15, -0.1) is 6.58 Å². The van der Waals surface area contributed by atoms with Crippen molar-refractivity contribution in [2.24, 2.45) is 0 Å². The van der Waals surface area contributed by atoms with Crippen LogP contribution in [-0.4, -0.2) is 86.4 Å². The van der Waals surface area contributed by atoms with E-state index in [0.717, 1.165) is 45.0 Å². The Morgan fingerprint density at radius 2 is 1.85 bits per heavy atom. The second kappa shape index (κ2) is 12.2. The smallest absolute Gasteiger partial charge is 0.278 e. The Morgan fingerprint density at radius 3 is 2.54 bits per heavy atom. The highest BCUT2D eigenvalue weighted by Crippen LogP contribution is 2.23. The number of methoxy groups -OCH3 is 1. The molecule has 1 aromatic carbocycles.